The molecular weight excluding hydrogens is 484 g/mol. The molecule has 40 heavy (non-hydrogen) atoms. The number of unbranched alkanes of at least 4 members (excludes halogenated alkanes) is 26. The maximum absolute atomic E-state index is 2.60. The summed E-state index contributed by atoms with van der Waals surface area (Å²) in [6.45, 7) is 9.33. The Hall–Kier alpha value is -0.790. The van der Waals surface area contributed by atoms with Gasteiger partial charge in [-0.15, -0.1) is 0 Å². The van der Waals surface area contributed by atoms with Crippen molar-refractivity contribution in [3.05, 3.63) is 18.2 Å². The Morgan fingerprint density at radius 1 is 0.425 bits per heavy atom. The third-order valence-corrected chi connectivity index (χ3v) is 9.06. The Morgan fingerprint density at radius 2 is 0.775 bits per heavy atom. The highest BCUT2D eigenvalue weighted by atomic mass is 15.1. The summed E-state index contributed by atoms with van der Waals surface area (Å²) in [4.78, 5) is 0. The van der Waals surface area contributed by atoms with Crippen molar-refractivity contribution in [2.24, 2.45) is 0 Å². The minimum absolute atomic E-state index is 1.18. The SMILES string of the molecule is CCCCCCCCCCCCCCCCCn1cc[n+](CCC)c1CCCCCCCCCCCCCCC. The summed E-state index contributed by atoms with van der Waals surface area (Å²) in [6, 6.07) is 0. The zero-order valence-electron chi connectivity index (χ0n) is 28.2. The zero-order valence-corrected chi connectivity index (χ0v) is 28.2. The van der Waals surface area contributed by atoms with E-state index in [1.165, 1.54) is 206 Å². The first-order chi connectivity index (χ1) is 19.8. The van der Waals surface area contributed by atoms with Gasteiger partial charge in [0, 0.05) is 6.42 Å². The van der Waals surface area contributed by atoms with E-state index in [9.17, 15) is 0 Å². The standard InChI is InChI=1S/C38H75N2/c1-4-7-9-11-13-15-17-19-20-22-24-26-28-30-32-35-40-37-36-39(34-6-3)38(40)33-31-29-27-25-23-21-18-16-14-12-10-8-5-2/h36-37H,4-35H2,1-3H3/q+1. The first kappa shape index (κ1) is 37.2. The summed E-state index contributed by atoms with van der Waals surface area (Å²) < 4.78 is 5.14. The van der Waals surface area contributed by atoms with Crippen molar-refractivity contribution in [1.82, 2.24) is 4.57 Å². The highest BCUT2D eigenvalue weighted by Crippen LogP contribution is 2.15. The number of aromatic nitrogens is 2. The molecular formula is C38H75N2+. The molecule has 0 amide bonds. The second-order valence-electron chi connectivity index (χ2n) is 13.0. The van der Waals surface area contributed by atoms with Gasteiger partial charge in [0.15, 0.2) is 0 Å². The number of nitrogens with zero attached hydrogens (tertiary/aromatic N) is 2. The van der Waals surface area contributed by atoms with Crippen molar-refractivity contribution in [2.45, 2.75) is 226 Å². The molecule has 1 rings (SSSR count). The molecule has 1 heterocycles. The predicted molar refractivity (Wildman–Crippen MR) is 179 cm³/mol. The minimum atomic E-state index is 1.18. The van der Waals surface area contributed by atoms with Crippen molar-refractivity contribution in [3.8, 4) is 0 Å². The lowest BCUT2D eigenvalue weighted by atomic mass is 10.0. The smallest absolute Gasteiger partial charge is 0.234 e. The van der Waals surface area contributed by atoms with Gasteiger partial charge in [0.2, 0.25) is 0 Å². The van der Waals surface area contributed by atoms with Gasteiger partial charge in [-0.05, 0) is 25.7 Å². The fourth-order valence-corrected chi connectivity index (χ4v) is 6.39. The van der Waals surface area contributed by atoms with Gasteiger partial charge in [0.05, 0.1) is 13.1 Å². The highest BCUT2D eigenvalue weighted by Gasteiger charge is 2.15. The maximum Gasteiger partial charge on any atom is 0.256 e. The average Bonchev–Trinajstić information content (AvgIpc) is 3.34. The summed E-state index contributed by atoms with van der Waals surface area (Å²) in [6.07, 6.45) is 47.6. The molecule has 0 fully saturated rings. The van der Waals surface area contributed by atoms with Crippen LogP contribution in [-0.2, 0) is 19.5 Å². The van der Waals surface area contributed by atoms with Gasteiger partial charge in [-0.1, -0.05) is 181 Å². The van der Waals surface area contributed by atoms with E-state index in [4.69, 9.17) is 0 Å². The van der Waals surface area contributed by atoms with Crippen molar-refractivity contribution < 1.29 is 4.57 Å². The fourth-order valence-electron chi connectivity index (χ4n) is 6.39. The molecule has 0 unspecified atom stereocenters. The lowest BCUT2D eigenvalue weighted by molar-refractivity contribution is -0.703. The molecule has 0 atom stereocenters. The Morgan fingerprint density at radius 3 is 1.15 bits per heavy atom. The fraction of sp³-hybridized carbons (Fsp3) is 0.921. The molecule has 2 heteroatoms. The van der Waals surface area contributed by atoms with Crippen LogP contribution in [0.1, 0.15) is 213 Å². The molecule has 0 radical (unpaired) electrons. The molecule has 0 aliphatic heterocycles. The quantitative estimate of drug-likeness (QED) is 0.0613. The molecule has 1 aromatic heterocycles. The number of imidazole rings is 1. The first-order valence-corrected chi connectivity index (χ1v) is 18.9. The van der Waals surface area contributed by atoms with Crippen molar-refractivity contribution >= 4 is 0 Å². The molecule has 0 aromatic carbocycles. The lowest BCUT2D eigenvalue weighted by Crippen LogP contribution is -2.37. The summed E-state index contributed by atoms with van der Waals surface area (Å²) in [5.74, 6) is 1.59. The van der Waals surface area contributed by atoms with E-state index < -0.39 is 0 Å². The van der Waals surface area contributed by atoms with E-state index in [1.54, 1.807) is 5.82 Å². The molecule has 0 bridgehead atoms. The van der Waals surface area contributed by atoms with Crippen LogP contribution in [0.2, 0.25) is 0 Å². The molecule has 0 spiro atoms. The van der Waals surface area contributed by atoms with Crippen molar-refractivity contribution in [1.29, 1.82) is 0 Å². The molecule has 1 aromatic rings. The van der Waals surface area contributed by atoms with Crippen LogP contribution in [0, 0.1) is 0 Å². The highest BCUT2D eigenvalue weighted by molar-refractivity contribution is 4.84. The molecule has 0 saturated carbocycles. The molecule has 0 aliphatic carbocycles. The van der Waals surface area contributed by atoms with Gasteiger partial charge in [-0.3, -0.25) is 0 Å². The maximum atomic E-state index is 2.60. The average molecular weight is 560 g/mol. The molecule has 0 N–H and O–H groups in total. The van der Waals surface area contributed by atoms with Crippen LogP contribution in [0.25, 0.3) is 0 Å². The van der Waals surface area contributed by atoms with Gasteiger partial charge in [-0.2, -0.15) is 0 Å². The third kappa shape index (κ3) is 21.9. The van der Waals surface area contributed by atoms with Gasteiger partial charge < -0.3 is 0 Å². The van der Waals surface area contributed by atoms with E-state index >= 15 is 0 Å². The van der Waals surface area contributed by atoms with Crippen LogP contribution >= 0.6 is 0 Å². The molecule has 0 saturated heterocycles. The van der Waals surface area contributed by atoms with Crippen LogP contribution in [0.5, 0.6) is 0 Å². The molecule has 2 nitrogen and oxygen atoms in total. The predicted octanol–water partition coefficient (Wildman–Crippen LogP) is 12.7. The Kier molecular flexibility index (Phi) is 27.6. The van der Waals surface area contributed by atoms with Crippen LogP contribution in [-0.4, -0.2) is 4.57 Å². The second-order valence-corrected chi connectivity index (χ2v) is 13.0. The summed E-state index contributed by atoms with van der Waals surface area (Å²) in [5.41, 5.74) is 0. The van der Waals surface area contributed by atoms with E-state index in [1.807, 2.05) is 0 Å². The Balaban J connectivity index is 2.04. The van der Waals surface area contributed by atoms with E-state index in [-0.39, 0.29) is 0 Å². The van der Waals surface area contributed by atoms with Crippen molar-refractivity contribution in [2.75, 3.05) is 0 Å². The van der Waals surface area contributed by atoms with Gasteiger partial charge in [-0.25, -0.2) is 9.13 Å². The molecule has 0 aliphatic rings. The number of aryl methyl sites for hydroxylation is 2. The summed E-state index contributed by atoms with van der Waals surface area (Å²) in [7, 11) is 0. The largest absolute Gasteiger partial charge is 0.256 e. The second kappa shape index (κ2) is 29.7. The first-order valence-electron chi connectivity index (χ1n) is 18.9. The van der Waals surface area contributed by atoms with Crippen LogP contribution in [0.3, 0.4) is 0 Å². The Bertz CT molecular complexity index is 619. The number of hydrogen-bond acceptors (Lipinski definition) is 0. The van der Waals surface area contributed by atoms with Crippen LogP contribution < -0.4 is 4.57 Å². The van der Waals surface area contributed by atoms with E-state index in [2.05, 4.69) is 42.3 Å². The van der Waals surface area contributed by atoms with Crippen LogP contribution in [0.15, 0.2) is 12.4 Å². The number of rotatable bonds is 32. The third-order valence-electron chi connectivity index (χ3n) is 9.06. The topological polar surface area (TPSA) is 8.81 Å². The van der Waals surface area contributed by atoms with Crippen molar-refractivity contribution in [3.63, 3.8) is 0 Å². The zero-order chi connectivity index (χ0) is 28.8. The Labute approximate surface area is 253 Å². The monoisotopic (exact) mass is 560 g/mol. The molecule has 236 valence electrons. The normalized spacial score (nSPS) is 11.6. The van der Waals surface area contributed by atoms with Gasteiger partial charge in [0.25, 0.3) is 5.82 Å². The van der Waals surface area contributed by atoms with E-state index in [0.717, 1.165) is 0 Å². The van der Waals surface area contributed by atoms with Gasteiger partial charge >= 0.3 is 0 Å². The minimum Gasteiger partial charge on any atom is -0.234 e. The van der Waals surface area contributed by atoms with Gasteiger partial charge in [0.1, 0.15) is 12.4 Å². The summed E-state index contributed by atoms with van der Waals surface area (Å²) >= 11 is 0. The summed E-state index contributed by atoms with van der Waals surface area (Å²) in [5, 5.41) is 0. The number of hydrogen-bond donors (Lipinski definition) is 0. The van der Waals surface area contributed by atoms with E-state index in [0.29, 0.717) is 0 Å². The lowest BCUT2D eigenvalue weighted by Gasteiger charge is -2.06. The van der Waals surface area contributed by atoms with Crippen LogP contribution in [0.4, 0.5) is 0 Å².